The van der Waals surface area contributed by atoms with Crippen molar-refractivity contribution in [1.29, 1.82) is 0 Å². The Labute approximate surface area is 136 Å². The Morgan fingerprint density at radius 1 is 1.00 bits per heavy atom. The smallest absolute Gasteiger partial charge is 0.111 e. The van der Waals surface area contributed by atoms with E-state index in [1.807, 2.05) is 6.92 Å². The van der Waals surface area contributed by atoms with E-state index in [1.54, 1.807) is 0 Å². The lowest BCUT2D eigenvalue weighted by molar-refractivity contribution is 0.461. The number of allylic oxidation sites excluding steroid dienone is 9. The van der Waals surface area contributed by atoms with Crippen molar-refractivity contribution in [3.8, 4) is 0 Å². The summed E-state index contributed by atoms with van der Waals surface area (Å²) in [6.45, 7) is 14.8. The average Bonchev–Trinajstić information content (AvgIpc) is 2.44. The Morgan fingerprint density at radius 3 is 1.73 bits per heavy atom. The molecule has 0 aromatic carbocycles. The van der Waals surface area contributed by atoms with Gasteiger partial charge >= 0.3 is 0 Å². The average molecular weight is 316 g/mol. The van der Waals surface area contributed by atoms with Crippen molar-refractivity contribution in [2.24, 2.45) is 11.8 Å². The first-order chi connectivity index (χ1) is 10.2. The summed E-state index contributed by atoms with van der Waals surface area (Å²) < 4.78 is 14.6. The Balaban J connectivity index is 2.64. The topological polar surface area (TPSA) is 17.1 Å². The summed E-state index contributed by atoms with van der Waals surface area (Å²) in [7, 11) is -2.64. The van der Waals surface area contributed by atoms with Gasteiger partial charge in [0.15, 0.2) is 0 Å². The monoisotopic (exact) mass is 316 g/mol. The summed E-state index contributed by atoms with van der Waals surface area (Å²) in [5, 5.41) is -0.668. The number of hydrogen-bond acceptors (Lipinski definition) is 1. The van der Waals surface area contributed by atoms with E-state index in [-0.39, 0.29) is 22.1 Å². The molecule has 2 heteroatoms. The minimum atomic E-state index is -2.64. The molecule has 0 heterocycles. The van der Waals surface area contributed by atoms with Crippen LogP contribution in [0.25, 0.3) is 0 Å². The molecule has 120 valence electrons. The van der Waals surface area contributed by atoms with Gasteiger partial charge in [-0.2, -0.15) is 0 Å². The zero-order chi connectivity index (χ0) is 16.6. The van der Waals surface area contributed by atoms with Gasteiger partial charge in [0.2, 0.25) is 0 Å². The molecule has 2 rings (SSSR count). The van der Waals surface area contributed by atoms with E-state index in [1.165, 1.54) is 0 Å². The summed E-state index contributed by atoms with van der Waals surface area (Å²) in [5.74, 6) is 0.511. The fourth-order valence-electron chi connectivity index (χ4n) is 3.79. The quantitative estimate of drug-likeness (QED) is 0.461. The summed E-state index contributed by atoms with van der Waals surface area (Å²) in [5.41, 5.74) is 1.01. The molecule has 0 N–H and O–H groups in total. The van der Waals surface area contributed by atoms with Crippen LogP contribution in [0.3, 0.4) is 0 Å². The van der Waals surface area contributed by atoms with Crippen LogP contribution in [0, 0.1) is 11.8 Å². The van der Waals surface area contributed by atoms with Gasteiger partial charge in [-0.1, -0.05) is 74.6 Å². The van der Waals surface area contributed by atoms with Gasteiger partial charge in [0.1, 0.15) is 7.14 Å². The summed E-state index contributed by atoms with van der Waals surface area (Å²) in [6.07, 6.45) is 17.6. The maximum absolute atomic E-state index is 14.6. The highest BCUT2D eigenvalue weighted by molar-refractivity contribution is 7.67. The van der Waals surface area contributed by atoms with Crippen LogP contribution in [-0.2, 0) is 4.57 Å². The molecule has 2 aliphatic rings. The lowest BCUT2D eigenvalue weighted by Crippen LogP contribution is -2.44. The summed E-state index contributed by atoms with van der Waals surface area (Å²) >= 11 is 0. The van der Waals surface area contributed by atoms with Gasteiger partial charge in [0, 0.05) is 16.5 Å². The lowest BCUT2D eigenvalue weighted by Gasteiger charge is -2.51. The molecule has 4 unspecified atom stereocenters. The third kappa shape index (κ3) is 2.44. The van der Waals surface area contributed by atoms with Gasteiger partial charge in [-0.05, 0) is 32.6 Å². The Hall–Kier alpha value is -1.07. The predicted octanol–water partition coefficient (Wildman–Crippen LogP) is 5.97. The van der Waals surface area contributed by atoms with Crippen molar-refractivity contribution in [2.75, 3.05) is 6.16 Å². The molecule has 0 saturated carbocycles. The maximum atomic E-state index is 14.6. The van der Waals surface area contributed by atoms with Crippen LogP contribution in [0.1, 0.15) is 34.6 Å². The molecule has 1 nitrogen and oxygen atoms in total. The fourth-order valence-corrected chi connectivity index (χ4v) is 8.42. The highest BCUT2D eigenvalue weighted by Gasteiger charge is 2.56. The number of hydrogen-bond donors (Lipinski definition) is 0. The van der Waals surface area contributed by atoms with E-state index in [0.29, 0.717) is 6.16 Å². The highest BCUT2D eigenvalue weighted by Crippen LogP contribution is 2.73. The molecular formula is C20H29OP. The normalized spacial score (nSPS) is 39.7. The largest absolute Gasteiger partial charge is 0.321 e. The molecule has 0 aliphatic heterocycles. The molecule has 22 heavy (non-hydrogen) atoms. The molecule has 0 radical (unpaired) electrons. The molecule has 0 bridgehead atoms. The minimum absolute atomic E-state index is 0.256. The molecule has 4 atom stereocenters. The van der Waals surface area contributed by atoms with Crippen LogP contribution >= 0.6 is 7.14 Å². The fraction of sp³-hybridized carbons (Fsp3) is 0.500. The first kappa shape index (κ1) is 17.3. The van der Waals surface area contributed by atoms with Crippen LogP contribution < -0.4 is 0 Å². The summed E-state index contributed by atoms with van der Waals surface area (Å²) in [6, 6.07) is 0. The Morgan fingerprint density at radius 2 is 1.41 bits per heavy atom. The van der Waals surface area contributed by atoms with E-state index >= 15 is 0 Å². The second-order valence-corrected chi connectivity index (χ2v) is 11.1. The number of rotatable bonds is 4. The van der Waals surface area contributed by atoms with Crippen molar-refractivity contribution in [3.63, 3.8) is 0 Å². The van der Waals surface area contributed by atoms with Crippen LogP contribution in [0.15, 0.2) is 60.8 Å². The third-order valence-corrected chi connectivity index (χ3v) is 11.0. The van der Waals surface area contributed by atoms with Gasteiger partial charge < -0.3 is 4.57 Å². The van der Waals surface area contributed by atoms with Gasteiger partial charge in [-0.3, -0.25) is 0 Å². The van der Waals surface area contributed by atoms with Crippen molar-refractivity contribution >= 4 is 7.14 Å². The van der Waals surface area contributed by atoms with Crippen LogP contribution in [-0.4, -0.2) is 16.5 Å². The second kappa shape index (κ2) is 5.85. The SMILES string of the molecule is C=C(C)CP(=O)(C1(C)C=CC=CC1C)C1(C)C=CC=CC1C. The molecule has 0 aromatic rings. The molecule has 0 fully saturated rings. The van der Waals surface area contributed by atoms with Gasteiger partial charge in [-0.15, -0.1) is 0 Å². The van der Waals surface area contributed by atoms with E-state index in [0.717, 1.165) is 5.57 Å². The molecule has 2 aliphatic carbocycles. The van der Waals surface area contributed by atoms with Crippen molar-refractivity contribution < 1.29 is 4.57 Å². The second-order valence-electron chi connectivity index (χ2n) is 7.37. The van der Waals surface area contributed by atoms with Crippen molar-refractivity contribution in [3.05, 3.63) is 60.8 Å². The zero-order valence-corrected chi connectivity index (χ0v) is 15.4. The maximum Gasteiger partial charge on any atom is 0.111 e. The Bertz CT molecular complexity index is 578. The molecule has 0 saturated heterocycles. The van der Waals surface area contributed by atoms with Crippen LogP contribution in [0.4, 0.5) is 0 Å². The van der Waals surface area contributed by atoms with Crippen LogP contribution in [0.5, 0.6) is 0 Å². The highest BCUT2D eigenvalue weighted by atomic mass is 31.2. The first-order valence-corrected chi connectivity index (χ1v) is 10.0. The first-order valence-electron chi connectivity index (χ1n) is 8.13. The third-order valence-electron chi connectivity index (χ3n) is 5.78. The molecule has 0 spiro atoms. The van der Waals surface area contributed by atoms with E-state index in [9.17, 15) is 4.57 Å². The van der Waals surface area contributed by atoms with Crippen molar-refractivity contribution in [1.82, 2.24) is 0 Å². The van der Waals surface area contributed by atoms with Gasteiger partial charge in [0.05, 0.1) is 0 Å². The van der Waals surface area contributed by atoms with Gasteiger partial charge in [0.25, 0.3) is 0 Å². The predicted molar refractivity (Wildman–Crippen MR) is 99.0 cm³/mol. The molecular weight excluding hydrogens is 287 g/mol. The Kier molecular flexibility index (Phi) is 4.60. The van der Waals surface area contributed by atoms with E-state index in [4.69, 9.17) is 0 Å². The molecule has 0 aromatic heterocycles. The summed E-state index contributed by atoms with van der Waals surface area (Å²) in [4.78, 5) is 0. The standard InChI is InChI=1S/C20H29OP/c1-16(2)15-22(21,19(5)13-9-7-11-17(19)3)20(6)14-10-8-12-18(20)4/h7-14,17-18H,1,15H2,2-6H3. The zero-order valence-electron chi connectivity index (χ0n) is 14.5. The van der Waals surface area contributed by atoms with E-state index < -0.39 is 7.14 Å². The van der Waals surface area contributed by atoms with Gasteiger partial charge in [-0.25, -0.2) is 0 Å². The molecule has 0 amide bonds. The van der Waals surface area contributed by atoms with Crippen molar-refractivity contribution in [2.45, 2.75) is 44.9 Å². The van der Waals surface area contributed by atoms with E-state index in [2.05, 4.69) is 82.9 Å². The minimum Gasteiger partial charge on any atom is -0.321 e. The lowest BCUT2D eigenvalue weighted by atomic mass is 9.89. The van der Waals surface area contributed by atoms with Crippen LogP contribution in [0.2, 0.25) is 0 Å².